The lowest BCUT2D eigenvalue weighted by atomic mass is 10.0. The molecule has 1 fully saturated rings. The van der Waals surface area contributed by atoms with Crippen LogP contribution >= 0.6 is 0 Å². The van der Waals surface area contributed by atoms with Crippen LogP contribution < -0.4 is 5.73 Å². The molecule has 18 heavy (non-hydrogen) atoms. The molecular weight excluding hydrogens is 230 g/mol. The molecule has 0 unspecified atom stereocenters. The molecular formula is C13H27N3O2. The van der Waals surface area contributed by atoms with E-state index in [0.29, 0.717) is 6.42 Å². The number of nitrogens with zero attached hydrogens (tertiary/aromatic N) is 2. The number of methoxy groups -OCH3 is 1. The van der Waals surface area contributed by atoms with Crippen LogP contribution in [0, 0.1) is 0 Å². The first kappa shape index (κ1) is 15.4. The molecule has 1 amide bonds. The lowest BCUT2D eigenvalue weighted by molar-refractivity contribution is -0.132. The van der Waals surface area contributed by atoms with Crippen molar-refractivity contribution in [2.75, 3.05) is 46.4 Å². The molecule has 0 aromatic carbocycles. The Kier molecular flexibility index (Phi) is 6.05. The third-order valence-corrected chi connectivity index (χ3v) is 3.16. The van der Waals surface area contributed by atoms with Crippen molar-refractivity contribution >= 4 is 5.91 Å². The summed E-state index contributed by atoms with van der Waals surface area (Å²) < 4.78 is 5.09. The predicted molar refractivity (Wildman–Crippen MR) is 72.4 cm³/mol. The van der Waals surface area contributed by atoms with Crippen molar-refractivity contribution in [3.8, 4) is 0 Å². The van der Waals surface area contributed by atoms with Crippen LogP contribution in [-0.2, 0) is 9.53 Å². The largest absolute Gasteiger partial charge is 0.383 e. The standard InChI is InChI=1S/C13H27N3O2/c1-13(2,14)11-12(17)16-6-4-5-15(7-8-16)9-10-18-3/h4-11,14H2,1-3H3. The van der Waals surface area contributed by atoms with E-state index in [9.17, 15) is 4.79 Å². The summed E-state index contributed by atoms with van der Waals surface area (Å²) in [7, 11) is 1.72. The highest BCUT2D eigenvalue weighted by molar-refractivity contribution is 5.77. The SMILES string of the molecule is COCCN1CCCN(C(=O)CC(C)(C)N)CC1. The molecule has 0 radical (unpaired) electrons. The third-order valence-electron chi connectivity index (χ3n) is 3.16. The van der Waals surface area contributed by atoms with Crippen molar-refractivity contribution in [2.24, 2.45) is 5.73 Å². The fraction of sp³-hybridized carbons (Fsp3) is 0.923. The van der Waals surface area contributed by atoms with Crippen LogP contribution in [0.5, 0.6) is 0 Å². The molecule has 0 aromatic heterocycles. The summed E-state index contributed by atoms with van der Waals surface area (Å²) in [5, 5.41) is 0. The lowest BCUT2D eigenvalue weighted by Gasteiger charge is -2.25. The quantitative estimate of drug-likeness (QED) is 0.769. The van der Waals surface area contributed by atoms with Crippen LogP contribution in [-0.4, -0.2) is 67.7 Å². The molecule has 0 bridgehead atoms. The van der Waals surface area contributed by atoms with Gasteiger partial charge in [0.25, 0.3) is 0 Å². The second-order valence-electron chi connectivity index (χ2n) is 5.73. The van der Waals surface area contributed by atoms with Gasteiger partial charge in [-0.15, -0.1) is 0 Å². The summed E-state index contributed by atoms with van der Waals surface area (Å²) in [6, 6.07) is 0. The fourth-order valence-electron chi connectivity index (χ4n) is 2.17. The summed E-state index contributed by atoms with van der Waals surface area (Å²) >= 11 is 0. The number of carbonyl (C=O) groups excluding carboxylic acids is 1. The summed E-state index contributed by atoms with van der Waals surface area (Å²) in [6.07, 6.45) is 1.45. The minimum Gasteiger partial charge on any atom is -0.383 e. The van der Waals surface area contributed by atoms with Crippen molar-refractivity contribution < 1.29 is 9.53 Å². The molecule has 106 valence electrons. The van der Waals surface area contributed by atoms with Gasteiger partial charge < -0.3 is 15.4 Å². The first-order valence-corrected chi connectivity index (χ1v) is 6.70. The van der Waals surface area contributed by atoms with Gasteiger partial charge in [-0.25, -0.2) is 0 Å². The fourth-order valence-corrected chi connectivity index (χ4v) is 2.17. The Morgan fingerprint density at radius 2 is 2.00 bits per heavy atom. The molecule has 1 heterocycles. The zero-order valence-electron chi connectivity index (χ0n) is 11.9. The van der Waals surface area contributed by atoms with E-state index in [1.165, 1.54) is 0 Å². The van der Waals surface area contributed by atoms with E-state index >= 15 is 0 Å². The van der Waals surface area contributed by atoms with Crippen molar-refractivity contribution in [2.45, 2.75) is 32.2 Å². The minimum absolute atomic E-state index is 0.177. The van der Waals surface area contributed by atoms with Crippen LogP contribution in [0.3, 0.4) is 0 Å². The molecule has 0 spiro atoms. The summed E-state index contributed by atoms with van der Waals surface area (Å²) in [5.74, 6) is 0.177. The maximum absolute atomic E-state index is 12.1. The maximum Gasteiger partial charge on any atom is 0.224 e. The number of rotatable bonds is 5. The number of ether oxygens (including phenoxy) is 1. The molecule has 0 saturated carbocycles. The Hall–Kier alpha value is -0.650. The smallest absolute Gasteiger partial charge is 0.224 e. The van der Waals surface area contributed by atoms with Gasteiger partial charge in [0, 0.05) is 45.2 Å². The van der Waals surface area contributed by atoms with Gasteiger partial charge in [-0.1, -0.05) is 0 Å². The predicted octanol–water partition coefficient (Wildman–Crippen LogP) is 0.295. The second kappa shape index (κ2) is 7.07. The van der Waals surface area contributed by atoms with Crippen molar-refractivity contribution in [1.29, 1.82) is 0 Å². The maximum atomic E-state index is 12.1. The Morgan fingerprint density at radius 3 is 2.61 bits per heavy atom. The topological polar surface area (TPSA) is 58.8 Å². The molecule has 1 rings (SSSR count). The zero-order valence-corrected chi connectivity index (χ0v) is 11.9. The van der Waals surface area contributed by atoms with Gasteiger partial charge in [0.2, 0.25) is 5.91 Å². The number of amides is 1. The monoisotopic (exact) mass is 257 g/mol. The first-order chi connectivity index (χ1) is 8.42. The van der Waals surface area contributed by atoms with Crippen LogP contribution in [0.4, 0.5) is 0 Å². The van der Waals surface area contributed by atoms with Crippen LogP contribution in [0.15, 0.2) is 0 Å². The number of hydrogen-bond acceptors (Lipinski definition) is 4. The Bertz CT molecular complexity index is 263. The average molecular weight is 257 g/mol. The molecule has 0 atom stereocenters. The first-order valence-electron chi connectivity index (χ1n) is 6.70. The van der Waals surface area contributed by atoms with E-state index in [-0.39, 0.29) is 5.91 Å². The summed E-state index contributed by atoms with van der Waals surface area (Å²) in [6.45, 7) is 9.11. The zero-order chi connectivity index (χ0) is 13.6. The number of carbonyl (C=O) groups is 1. The van der Waals surface area contributed by atoms with Gasteiger partial charge in [-0.3, -0.25) is 9.69 Å². The molecule has 5 nitrogen and oxygen atoms in total. The van der Waals surface area contributed by atoms with Crippen molar-refractivity contribution in [1.82, 2.24) is 9.80 Å². The van der Waals surface area contributed by atoms with E-state index in [1.54, 1.807) is 7.11 Å². The Labute approximate surface area is 110 Å². The summed E-state index contributed by atoms with van der Waals surface area (Å²) in [5.41, 5.74) is 5.48. The van der Waals surface area contributed by atoms with E-state index < -0.39 is 5.54 Å². The Morgan fingerprint density at radius 1 is 1.28 bits per heavy atom. The molecule has 0 aromatic rings. The number of nitrogens with two attached hydrogens (primary N) is 1. The minimum atomic E-state index is -0.418. The van der Waals surface area contributed by atoms with Crippen molar-refractivity contribution in [3.63, 3.8) is 0 Å². The van der Waals surface area contributed by atoms with Gasteiger partial charge in [-0.05, 0) is 26.8 Å². The average Bonchev–Trinajstić information content (AvgIpc) is 2.49. The molecule has 5 heteroatoms. The molecule has 1 saturated heterocycles. The van der Waals surface area contributed by atoms with Gasteiger partial charge in [0.1, 0.15) is 0 Å². The molecule has 2 N–H and O–H groups in total. The Balaban J connectivity index is 2.39. The molecule has 1 aliphatic rings. The van der Waals surface area contributed by atoms with Crippen molar-refractivity contribution in [3.05, 3.63) is 0 Å². The highest BCUT2D eigenvalue weighted by Crippen LogP contribution is 2.10. The molecule has 0 aliphatic carbocycles. The lowest BCUT2D eigenvalue weighted by Crippen LogP contribution is -2.42. The van der Waals surface area contributed by atoms with E-state index in [1.807, 2.05) is 18.7 Å². The third kappa shape index (κ3) is 5.80. The van der Waals surface area contributed by atoms with Gasteiger partial charge in [0.05, 0.1) is 6.61 Å². The van der Waals surface area contributed by atoms with Gasteiger partial charge in [0.15, 0.2) is 0 Å². The van der Waals surface area contributed by atoms with E-state index in [0.717, 1.165) is 45.8 Å². The molecule has 1 aliphatic heterocycles. The normalized spacial score (nSPS) is 18.8. The van der Waals surface area contributed by atoms with E-state index in [4.69, 9.17) is 10.5 Å². The van der Waals surface area contributed by atoms with Crippen LogP contribution in [0.2, 0.25) is 0 Å². The van der Waals surface area contributed by atoms with Gasteiger partial charge in [-0.2, -0.15) is 0 Å². The highest BCUT2D eigenvalue weighted by Gasteiger charge is 2.23. The highest BCUT2D eigenvalue weighted by atomic mass is 16.5. The van der Waals surface area contributed by atoms with Crippen LogP contribution in [0.25, 0.3) is 0 Å². The van der Waals surface area contributed by atoms with E-state index in [2.05, 4.69) is 4.90 Å². The second-order valence-corrected chi connectivity index (χ2v) is 5.73. The van der Waals surface area contributed by atoms with Gasteiger partial charge >= 0.3 is 0 Å². The summed E-state index contributed by atoms with van der Waals surface area (Å²) in [4.78, 5) is 16.4. The number of hydrogen-bond donors (Lipinski definition) is 1. The van der Waals surface area contributed by atoms with Crippen LogP contribution in [0.1, 0.15) is 26.7 Å².